The number of carbonyl (C=O) groups is 2. The lowest BCUT2D eigenvalue weighted by atomic mass is 10.0. The van der Waals surface area contributed by atoms with Gasteiger partial charge in [0.05, 0.1) is 18.2 Å². The van der Waals surface area contributed by atoms with Crippen molar-refractivity contribution in [1.29, 1.82) is 5.26 Å². The molecule has 1 aromatic carbocycles. The second kappa shape index (κ2) is 8.76. The molecule has 1 saturated heterocycles. The van der Waals surface area contributed by atoms with Crippen molar-refractivity contribution in [3.05, 3.63) is 35.4 Å². The second-order valence-corrected chi connectivity index (χ2v) is 7.83. The van der Waals surface area contributed by atoms with Gasteiger partial charge in [-0.3, -0.25) is 0 Å². The Balaban J connectivity index is 2.20. The summed E-state index contributed by atoms with van der Waals surface area (Å²) in [6, 6.07) is 8.91. The molecule has 0 saturated carbocycles. The van der Waals surface area contributed by atoms with Gasteiger partial charge in [-0.05, 0) is 64.7 Å². The van der Waals surface area contributed by atoms with Crippen LogP contribution in [0.15, 0.2) is 24.3 Å². The Labute approximate surface area is 160 Å². The Bertz CT molecular complexity index is 721. The molecule has 0 aromatic heterocycles. The van der Waals surface area contributed by atoms with Crippen molar-refractivity contribution < 1.29 is 14.3 Å². The maximum atomic E-state index is 13.1. The number of likely N-dealkylation sites (tertiary alicyclic amines) is 1. The number of urea groups is 1. The molecule has 3 amide bonds. The third-order valence-corrected chi connectivity index (χ3v) is 4.30. The molecule has 1 aromatic rings. The van der Waals surface area contributed by atoms with E-state index in [2.05, 4.69) is 11.5 Å². The third-order valence-electron chi connectivity index (χ3n) is 4.30. The van der Waals surface area contributed by atoms with Crippen LogP contribution in [0.1, 0.15) is 58.1 Å². The van der Waals surface area contributed by atoms with Crippen LogP contribution < -0.4 is 5.43 Å². The van der Waals surface area contributed by atoms with E-state index in [1.807, 2.05) is 13.0 Å². The van der Waals surface area contributed by atoms with Crippen LogP contribution in [0.5, 0.6) is 0 Å². The Morgan fingerprint density at radius 3 is 2.74 bits per heavy atom. The Morgan fingerprint density at radius 1 is 1.37 bits per heavy atom. The van der Waals surface area contributed by atoms with Crippen LogP contribution in [0.3, 0.4) is 0 Å². The lowest BCUT2D eigenvalue weighted by Gasteiger charge is -2.37. The number of rotatable bonds is 2. The van der Waals surface area contributed by atoms with E-state index in [4.69, 9.17) is 10.00 Å². The summed E-state index contributed by atoms with van der Waals surface area (Å²) in [6.45, 7) is 8.12. The van der Waals surface area contributed by atoms with Crippen molar-refractivity contribution >= 4 is 12.1 Å². The molecule has 27 heavy (non-hydrogen) atoms. The van der Waals surface area contributed by atoms with Gasteiger partial charge >= 0.3 is 12.1 Å². The first-order valence-corrected chi connectivity index (χ1v) is 9.26. The molecule has 1 heterocycles. The molecule has 1 N–H and O–H groups in total. The number of nitriles is 1. The lowest BCUT2D eigenvalue weighted by molar-refractivity contribution is 0.0312. The maximum Gasteiger partial charge on any atom is 0.426 e. The van der Waals surface area contributed by atoms with Gasteiger partial charge in [-0.2, -0.15) is 5.26 Å². The van der Waals surface area contributed by atoms with Gasteiger partial charge < -0.3 is 9.64 Å². The number of benzene rings is 1. The first-order chi connectivity index (χ1) is 12.7. The number of hydrogen-bond acceptors (Lipinski definition) is 4. The van der Waals surface area contributed by atoms with Gasteiger partial charge in [-0.25, -0.2) is 20.0 Å². The minimum absolute atomic E-state index is 0.111. The zero-order valence-corrected chi connectivity index (χ0v) is 16.5. The molecular weight excluding hydrogens is 344 g/mol. The van der Waals surface area contributed by atoms with Gasteiger partial charge in [-0.1, -0.05) is 12.1 Å². The number of nitrogens with zero attached hydrogens (tertiary/aromatic N) is 3. The topological polar surface area (TPSA) is 85.7 Å². The molecule has 0 aliphatic carbocycles. The molecule has 0 radical (unpaired) electrons. The fourth-order valence-corrected chi connectivity index (χ4v) is 3.03. The highest BCUT2D eigenvalue weighted by Crippen LogP contribution is 2.19. The zero-order valence-electron chi connectivity index (χ0n) is 16.5. The summed E-state index contributed by atoms with van der Waals surface area (Å²) in [7, 11) is 0. The van der Waals surface area contributed by atoms with Gasteiger partial charge in [0, 0.05) is 12.6 Å². The number of amides is 3. The van der Waals surface area contributed by atoms with Crippen molar-refractivity contribution in [3.8, 4) is 6.07 Å². The molecule has 7 heteroatoms. The number of piperidine rings is 1. The Kier molecular flexibility index (Phi) is 6.67. The van der Waals surface area contributed by atoms with Gasteiger partial charge in [0.25, 0.3) is 0 Å². The summed E-state index contributed by atoms with van der Waals surface area (Å²) in [5.74, 6) is 0. The smallest absolute Gasteiger partial charge is 0.426 e. The predicted molar refractivity (Wildman–Crippen MR) is 101 cm³/mol. The van der Waals surface area contributed by atoms with E-state index in [0.717, 1.165) is 24.8 Å². The van der Waals surface area contributed by atoms with Crippen LogP contribution >= 0.6 is 0 Å². The van der Waals surface area contributed by atoms with Crippen molar-refractivity contribution in [3.63, 3.8) is 0 Å². The summed E-state index contributed by atoms with van der Waals surface area (Å²) >= 11 is 0. The molecule has 146 valence electrons. The number of nitrogens with one attached hydrogen (secondary N) is 1. The summed E-state index contributed by atoms with van der Waals surface area (Å²) in [5.41, 5.74) is 3.16. The van der Waals surface area contributed by atoms with Crippen LogP contribution in [0, 0.1) is 11.3 Å². The first-order valence-electron chi connectivity index (χ1n) is 9.26. The molecule has 1 fully saturated rings. The number of hydrogen-bond donors (Lipinski definition) is 1. The largest absolute Gasteiger partial charge is 0.443 e. The summed E-state index contributed by atoms with van der Waals surface area (Å²) in [6.07, 6.45) is 2.29. The van der Waals surface area contributed by atoms with Crippen molar-refractivity contribution in [2.75, 3.05) is 6.54 Å². The summed E-state index contributed by atoms with van der Waals surface area (Å²) in [4.78, 5) is 27.1. The molecule has 1 aliphatic heterocycles. The molecule has 0 bridgehead atoms. The van der Waals surface area contributed by atoms with E-state index in [0.29, 0.717) is 12.1 Å². The Morgan fingerprint density at radius 2 is 2.11 bits per heavy atom. The minimum Gasteiger partial charge on any atom is -0.443 e. The van der Waals surface area contributed by atoms with Gasteiger partial charge in [-0.15, -0.1) is 0 Å². The van der Waals surface area contributed by atoms with Gasteiger partial charge in [0.1, 0.15) is 5.60 Å². The zero-order chi connectivity index (χ0) is 20.0. The highest BCUT2D eigenvalue weighted by molar-refractivity contribution is 5.78. The normalized spacial score (nSPS) is 17.0. The van der Waals surface area contributed by atoms with Crippen LogP contribution in [0.4, 0.5) is 9.59 Å². The average Bonchev–Trinajstić information content (AvgIpc) is 2.59. The van der Waals surface area contributed by atoms with E-state index in [9.17, 15) is 9.59 Å². The van der Waals surface area contributed by atoms with E-state index in [1.54, 1.807) is 43.9 Å². The molecule has 0 spiro atoms. The highest BCUT2D eigenvalue weighted by Gasteiger charge is 2.29. The fraction of sp³-hybridized carbons (Fsp3) is 0.550. The highest BCUT2D eigenvalue weighted by atomic mass is 16.6. The standard InChI is InChI=1S/C20H28N4O3/c1-15-8-5-6-11-23(15)19(26)24(22-18(25)27-20(2,3)4)14-17-10-7-9-16(12-17)13-21/h7,9-10,12,15H,5-6,8,11,14H2,1-4H3,(H,22,25). The molecular formula is C20H28N4O3. The minimum atomic E-state index is -0.683. The van der Waals surface area contributed by atoms with Crippen LogP contribution in [-0.2, 0) is 11.3 Å². The van der Waals surface area contributed by atoms with Gasteiger partial charge in [0.15, 0.2) is 0 Å². The summed E-state index contributed by atoms with van der Waals surface area (Å²) in [5, 5.41) is 10.4. The lowest BCUT2D eigenvalue weighted by Crippen LogP contribution is -2.55. The SMILES string of the molecule is CC1CCCCN1C(=O)N(Cc1cccc(C#N)c1)NC(=O)OC(C)(C)C. The van der Waals surface area contributed by atoms with E-state index >= 15 is 0 Å². The second-order valence-electron chi connectivity index (χ2n) is 7.83. The first kappa shape index (κ1) is 20.6. The van der Waals surface area contributed by atoms with Crippen molar-refractivity contribution in [1.82, 2.24) is 15.3 Å². The third kappa shape index (κ3) is 6.17. The molecule has 1 atom stereocenters. The van der Waals surface area contributed by atoms with Crippen LogP contribution in [0.2, 0.25) is 0 Å². The molecule has 1 aliphatic rings. The average molecular weight is 372 g/mol. The fourth-order valence-electron chi connectivity index (χ4n) is 3.03. The van der Waals surface area contributed by atoms with Crippen LogP contribution in [-0.4, -0.2) is 40.2 Å². The van der Waals surface area contributed by atoms with Gasteiger partial charge in [0.2, 0.25) is 0 Å². The van der Waals surface area contributed by atoms with Crippen LogP contribution in [0.25, 0.3) is 0 Å². The van der Waals surface area contributed by atoms with Crippen molar-refractivity contribution in [2.24, 2.45) is 0 Å². The number of ether oxygens (including phenoxy) is 1. The van der Waals surface area contributed by atoms with E-state index in [-0.39, 0.29) is 18.6 Å². The van der Waals surface area contributed by atoms with Crippen molar-refractivity contribution in [2.45, 2.75) is 65.1 Å². The molecule has 2 rings (SSSR count). The van der Waals surface area contributed by atoms with E-state index < -0.39 is 11.7 Å². The molecule has 7 nitrogen and oxygen atoms in total. The maximum absolute atomic E-state index is 13.1. The summed E-state index contributed by atoms with van der Waals surface area (Å²) < 4.78 is 5.30. The quantitative estimate of drug-likeness (QED) is 0.800. The van der Waals surface area contributed by atoms with E-state index in [1.165, 1.54) is 5.01 Å². The molecule has 1 unspecified atom stereocenters. The monoisotopic (exact) mass is 372 g/mol. The Hall–Kier alpha value is -2.75. The predicted octanol–water partition coefficient (Wildman–Crippen LogP) is 3.79. The number of carbonyl (C=O) groups excluding carboxylic acids is 2. The number of hydrazine groups is 1.